The molecule has 0 aliphatic carbocycles. The zero-order valence-corrected chi connectivity index (χ0v) is 13.3. The maximum atomic E-state index is 12.6. The first-order valence-corrected chi connectivity index (χ1v) is 7.47. The summed E-state index contributed by atoms with van der Waals surface area (Å²) in [5, 5.41) is 0. The summed E-state index contributed by atoms with van der Waals surface area (Å²) in [5.74, 6) is 0.131. The zero-order chi connectivity index (χ0) is 13.7. The Morgan fingerprint density at radius 3 is 2.56 bits per heavy atom. The first kappa shape index (κ1) is 15.3. The van der Waals surface area contributed by atoms with Gasteiger partial charge in [-0.2, -0.15) is 0 Å². The third kappa shape index (κ3) is 3.61. The predicted molar refractivity (Wildman–Crippen MR) is 78.9 cm³/mol. The van der Waals surface area contributed by atoms with Gasteiger partial charge in [0.05, 0.1) is 0 Å². The van der Waals surface area contributed by atoms with Gasteiger partial charge >= 0.3 is 0 Å². The highest BCUT2D eigenvalue weighted by Crippen LogP contribution is 2.18. The van der Waals surface area contributed by atoms with E-state index in [0.29, 0.717) is 0 Å². The van der Waals surface area contributed by atoms with Gasteiger partial charge in [-0.1, -0.05) is 13.8 Å². The van der Waals surface area contributed by atoms with E-state index in [4.69, 9.17) is 0 Å². The van der Waals surface area contributed by atoms with E-state index < -0.39 is 0 Å². The molecule has 18 heavy (non-hydrogen) atoms. The van der Waals surface area contributed by atoms with E-state index in [9.17, 15) is 4.79 Å². The van der Waals surface area contributed by atoms with E-state index in [-0.39, 0.29) is 11.9 Å². The molecule has 1 aromatic rings. The maximum Gasteiger partial charge on any atom is 0.270 e. The quantitative estimate of drug-likeness (QED) is 0.781. The number of nitrogens with zero attached hydrogens (tertiary/aromatic N) is 2. The fraction of sp³-hybridized carbons (Fsp3) is 0.643. The second-order valence-electron chi connectivity index (χ2n) is 4.83. The van der Waals surface area contributed by atoms with Crippen molar-refractivity contribution in [3.05, 3.63) is 22.4 Å². The van der Waals surface area contributed by atoms with Crippen LogP contribution in [0.2, 0.25) is 0 Å². The van der Waals surface area contributed by atoms with Crippen LogP contribution in [0.5, 0.6) is 0 Å². The maximum absolute atomic E-state index is 12.6. The monoisotopic (exact) mass is 314 g/mol. The normalized spacial score (nSPS) is 11.0. The molecule has 1 rings (SSSR count). The number of aryl methyl sites for hydroxylation is 1. The molecular formula is C14H23BrN2O. The molecule has 3 nitrogen and oxygen atoms in total. The molecule has 0 unspecified atom stereocenters. The Kier molecular flexibility index (Phi) is 5.93. The molecule has 0 N–H and O–H groups in total. The molecule has 0 spiro atoms. The molecule has 0 fully saturated rings. The standard InChI is InChI=1S/C14H23BrN2O/c1-5-7-16-10-12(15)9-13(16)14(18)17(8-6-2)11(3)4/h9-11H,5-8H2,1-4H3. The van der Waals surface area contributed by atoms with Crippen molar-refractivity contribution in [1.82, 2.24) is 9.47 Å². The number of hydrogen-bond acceptors (Lipinski definition) is 1. The highest BCUT2D eigenvalue weighted by molar-refractivity contribution is 9.10. The molecule has 0 aliphatic heterocycles. The third-order valence-electron chi connectivity index (χ3n) is 2.90. The molecule has 0 radical (unpaired) electrons. The van der Waals surface area contributed by atoms with Crippen LogP contribution in [-0.2, 0) is 6.54 Å². The lowest BCUT2D eigenvalue weighted by atomic mass is 10.2. The largest absolute Gasteiger partial charge is 0.342 e. The van der Waals surface area contributed by atoms with E-state index in [2.05, 4.69) is 43.6 Å². The van der Waals surface area contributed by atoms with Gasteiger partial charge < -0.3 is 9.47 Å². The summed E-state index contributed by atoms with van der Waals surface area (Å²) in [4.78, 5) is 14.5. The Bertz CT molecular complexity index is 398. The van der Waals surface area contributed by atoms with Crippen LogP contribution in [0.15, 0.2) is 16.7 Å². The summed E-state index contributed by atoms with van der Waals surface area (Å²) in [7, 11) is 0. The van der Waals surface area contributed by atoms with Crippen LogP contribution in [0.25, 0.3) is 0 Å². The molecule has 102 valence electrons. The number of amides is 1. The number of hydrogen-bond donors (Lipinski definition) is 0. The Labute approximate surface area is 118 Å². The van der Waals surface area contributed by atoms with Crippen LogP contribution in [0.3, 0.4) is 0 Å². The average molecular weight is 315 g/mol. The van der Waals surface area contributed by atoms with Gasteiger partial charge in [-0.15, -0.1) is 0 Å². The fourth-order valence-electron chi connectivity index (χ4n) is 2.06. The van der Waals surface area contributed by atoms with Gasteiger partial charge in [-0.25, -0.2) is 0 Å². The van der Waals surface area contributed by atoms with Crippen LogP contribution in [-0.4, -0.2) is 28.0 Å². The fourth-order valence-corrected chi connectivity index (χ4v) is 2.53. The highest BCUT2D eigenvalue weighted by Gasteiger charge is 2.21. The van der Waals surface area contributed by atoms with Crippen LogP contribution >= 0.6 is 15.9 Å². The summed E-state index contributed by atoms with van der Waals surface area (Å²) in [6.45, 7) is 10.0. The molecule has 1 amide bonds. The number of halogens is 1. The van der Waals surface area contributed by atoms with Crippen LogP contribution in [0, 0.1) is 0 Å². The van der Waals surface area contributed by atoms with Gasteiger partial charge in [-0.05, 0) is 48.7 Å². The van der Waals surface area contributed by atoms with Crippen molar-refractivity contribution in [3.63, 3.8) is 0 Å². The van der Waals surface area contributed by atoms with Crippen molar-refractivity contribution in [1.29, 1.82) is 0 Å². The molecule has 0 aromatic carbocycles. The predicted octanol–water partition coefficient (Wildman–Crippen LogP) is 3.92. The zero-order valence-electron chi connectivity index (χ0n) is 11.7. The van der Waals surface area contributed by atoms with Gasteiger partial charge in [-0.3, -0.25) is 4.79 Å². The lowest BCUT2D eigenvalue weighted by Gasteiger charge is -2.26. The second kappa shape index (κ2) is 6.98. The number of carbonyl (C=O) groups excluding carboxylic acids is 1. The average Bonchev–Trinajstić information content (AvgIpc) is 2.66. The molecule has 1 aromatic heterocycles. The van der Waals surface area contributed by atoms with E-state index in [1.54, 1.807) is 0 Å². The van der Waals surface area contributed by atoms with E-state index in [0.717, 1.165) is 36.1 Å². The van der Waals surface area contributed by atoms with Crippen molar-refractivity contribution >= 4 is 21.8 Å². The van der Waals surface area contributed by atoms with E-state index in [1.165, 1.54) is 0 Å². The van der Waals surface area contributed by atoms with Crippen molar-refractivity contribution in [2.75, 3.05) is 6.54 Å². The van der Waals surface area contributed by atoms with Gasteiger partial charge in [0, 0.05) is 29.8 Å². The Morgan fingerprint density at radius 1 is 1.39 bits per heavy atom. The van der Waals surface area contributed by atoms with Crippen LogP contribution < -0.4 is 0 Å². The smallest absolute Gasteiger partial charge is 0.270 e. The summed E-state index contributed by atoms with van der Waals surface area (Å²) in [6.07, 6.45) is 4.00. The minimum atomic E-state index is 0.131. The molecule has 0 atom stereocenters. The number of carbonyl (C=O) groups is 1. The lowest BCUT2D eigenvalue weighted by Crippen LogP contribution is -2.38. The summed E-state index contributed by atoms with van der Waals surface area (Å²) >= 11 is 3.45. The molecule has 0 bridgehead atoms. The third-order valence-corrected chi connectivity index (χ3v) is 3.33. The Balaban J connectivity index is 3.00. The lowest BCUT2D eigenvalue weighted by molar-refractivity contribution is 0.0694. The molecular weight excluding hydrogens is 292 g/mol. The Morgan fingerprint density at radius 2 is 2.06 bits per heavy atom. The molecule has 4 heteroatoms. The second-order valence-corrected chi connectivity index (χ2v) is 5.74. The first-order valence-electron chi connectivity index (χ1n) is 6.67. The van der Waals surface area contributed by atoms with Crippen molar-refractivity contribution in [3.8, 4) is 0 Å². The first-order chi connectivity index (χ1) is 8.51. The minimum absolute atomic E-state index is 0.131. The van der Waals surface area contributed by atoms with Crippen LogP contribution in [0.1, 0.15) is 51.0 Å². The summed E-state index contributed by atoms with van der Waals surface area (Å²) < 4.78 is 3.01. The van der Waals surface area contributed by atoms with Gasteiger partial charge in [0.25, 0.3) is 5.91 Å². The number of rotatable bonds is 6. The van der Waals surface area contributed by atoms with Gasteiger partial charge in [0.1, 0.15) is 5.69 Å². The van der Waals surface area contributed by atoms with Crippen molar-refractivity contribution < 1.29 is 4.79 Å². The number of aromatic nitrogens is 1. The van der Waals surface area contributed by atoms with Crippen molar-refractivity contribution in [2.24, 2.45) is 0 Å². The van der Waals surface area contributed by atoms with E-state index >= 15 is 0 Å². The van der Waals surface area contributed by atoms with Gasteiger partial charge in [0.2, 0.25) is 0 Å². The summed E-state index contributed by atoms with van der Waals surface area (Å²) in [5.41, 5.74) is 0.783. The van der Waals surface area contributed by atoms with Crippen molar-refractivity contribution in [2.45, 2.75) is 53.1 Å². The van der Waals surface area contributed by atoms with Gasteiger partial charge in [0.15, 0.2) is 0 Å². The molecule has 0 saturated carbocycles. The highest BCUT2D eigenvalue weighted by atomic mass is 79.9. The Hall–Kier alpha value is -0.770. The molecule has 0 aliphatic rings. The molecule has 1 heterocycles. The van der Waals surface area contributed by atoms with Crippen LogP contribution in [0.4, 0.5) is 0 Å². The van der Waals surface area contributed by atoms with E-state index in [1.807, 2.05) is 21.7 Å². The minimum Gasteiger partial charge on any atom is -0.342 e. The SMILES string of the molecule is CCCN(C(=O)c1cc(Br)cn1CCC)C(C)C. The molecule has 0 saturated heterocycles. The topological polar surface area (TPSA) is 25.2 Å². The summed E-state index contributed by atoms with van der Waals surface area (Å²) in [6, 6.07) is 2.16.